The lowest BCUT2D eigenvalue weighted by Crippen LogP contribution is -2.41. The Kier molecular flexibility index (Phi) is 4.78. The van der Waals surface area contributed by atoms with E-state index in [4.69, 9.17) is 11.0 Å². The van der Waals surface area contributed by atoms with E-state index < -0.39 is 0 Å². The Bertz CT molecular complexity index is 694. The molecule has 0 bridgehead atoms. The normalized spacial score (nSPS) is 17.4. The quantitative estimate of drug-likeness (QED) is 0.812. The van der Waals surface area contributed by atoms with Crippen LogP contribution in [0.25, 0.3) is 0 Å². The number of rotatable bonds is 3. The van der Waals surface area contributed by atoms with Gasteiger partial charge in [0, 0.05) is 18.1 Å². The van der Waals surface area contributed by atoms with Crippen LogP contribution < -0.4 is 15.6 Å². The van der Waals surface area contributed by atoms with Crippen molar-refractivity contribution in [2.24, 2.45) is 5.92 Å². The second-order valence-electron chi connectivity index (χ2n) is 5.31. The molecular formula is C15H17N6O+. The number of hydrogen-bond donors (Lipinski definition) is 2. The van der Waals surface area contributed by atoms with Gasteiger partial charge in [0.15, 0.2) is 0 Å². The zero-order valence-corrected chi connectivity index (χ0v) is 12.1. The molecule has 0 spiro atoms. The van der Waals surface area contributed by atoms with Crippen molar-refractivity contribution >= 4 is 11.6 Å². The first-order valence-corrected chi connectivity index (χ1v) is 7.06. The van der Waals surface area contributed by atoms with Crippen molar-refractivity contribution in [1.82, 2.24) is 0 Å². The predicted molar refractivity (Wildman–Crippen MR) is 78.2 cm³/mol. The number of hydrogen-bond acceptors (Lipinski definition) is 6. The van der Waals surface area contributed by atoms with Crippen molar-refractivity contribution in [1.29, 1.82) is 15.8 Å². The molecule has 0 radical (unpaired) electrons. The number of aliphatic hydroxyl groups excluding tert-OH is 1. The summed E-state index contributed by atoms with van der Waals surface area (Å²) in [5.74, 6) is 0.834. The third-order valence-corrected chi connectivity index (χ3v) is 3.94. The number of aromatic nitrogens is 1. The summed E-state index contributed by atoms with van der Waals surface area (Å²) in [4.78, 5) is 4.89. The van der Waals surface area contributed by atoms with Gasteiger partial charge < -0.3 is 10.8 Å². The maximum absolute atomic E-state index is 9.48. The lowest BCUT2D eigenvalue weighted by molar-refractivity contribution is -0.347. The topological polar surface area (TPSA) is 135 Å². The third kappa shape index (κ3) is 2.79. The number of aliphatic hydroxyl groups is 1. The first-order valence-electron chi connectivity index (χ1n) is 7.06. The van der Waals surface area contributed by atoms with Gasteiger partial charge in [-0.3, -0.25) is 4.90 Å². The molecule has 1 aliphatic heterocycles. The molecule has 7 heteroatoms. The SMILES string of the molecule is N#CCc1c(C#N)c(N)[nH+]c(N2CCC[C@@H](CO)C2)c1C#N. The third-order valence-electron chi connectivity index (χ3n) is 3.94. The Morgan fingerprint density at radius 3 is 2.59 bits per heavy atom. The van der Waals surface area contributed by atoms with Gasteiger partial charge in [-0.1, -0.05) is 0 Å². The molecular weight excluding hydrogens is 280 g/mol. The fourth-order valence-electron chi connectivity index (χ4n) is 2.84. The minimum atomic E-state index is -0.0467. The summed E-state index contributed by atoms with van der Waals surface area (Å²) in [6, 6.07) is 6.02. The van der Waals surface area contributed by atoms with Crippen LogP contribution in [0.4, 0.5) is 11.6 Å². The summed E-state index contributed by atoms with van der Waals surface area (Å²) < 4.78 is 0. The van der Waals surface area contributed by atoms with Crippen molar-refractivity contribution in [3.05, 3.63) is 16.7 Å². The van der Waals surface area contributed by atoms with Gasteiger partial charge in [0.2, 0.25) is 11.6 Å². The van der Waals surface area contributed by atoms with Gasteiger partial charge in [-0.2, -0.15) is 15.8 Å². The lowest BCUT2D eigenvalue weighted by Gasteiger charge is -2.29. The number of aromatic amines is 1. The Hall–Kier alpha value is -2.82. The fraction of sp³-hybridized carbons (Fsp3) is 0.467. The summed E-state index contributed by atoms with van der Waals surface area (Å²) in [6.07, 6.45) is 1.79. The Morgan fingerprint density at radius 2 is 2.00 bits per heavy atom. The molecule has 2 rings (SSSR count). The van der Waals surface area contributed by atoms with Crippen LogP contribution in [-0.2, 0) is 6.42 Å². The van der Waals surface area contributed by atoms with Crippen LogP contribution in [-0.4, -0.2) is 24.8 Å². The molecule has 1 atom stereocenters. The van der Waals surface area contributed by atoms with Crippen molar-refractivity contribution in [2.45, 2.75) is 19.3 Å². The van der Waals surface area contributed by atoms with Gasteiger partial charge in [0.25, 0.3) is 0 Å². The molecule has 1 fully saturated rings. The molecule has 1 aromatic rings. The molecule has 1 saturated heterocycles. The predicted octanol–water partition coefficient (Wildman–Crippen LogP) is 0.101. The smallest absolute Gasteiger partial charge is 0.240 e. The zero-order chi connectivity index (χ0) is 16.1. The highest BCUT2D eigenvalue weighted by Gasteiger charge is 2.30. The molecule has 112 valence electrons. The molecule has 1 aliphatic rings. The fourth-order valence-corrected chi connectivity index (χ4v) is 2.84. The van der Waals surface area contributed by atoms with E-state index in [1.165, 1.54) is 0 Å². The molecule has 22 heavy (non-hydrogen) atoms. The highest BCUT2D eigenvalue weighted by Crippen LogP contribution is 2.28. The van der Waals surface area contributed by atoms with Gasteiger partial charge in [0.05, 0.1) is 25.6 Å². The minimum absolute atomic E-state index is 0.0467. The van der Waals surface area contributed by atoms with E-state index in [0.717, 1.165) is 19.4 Å². The maximum atomic E-state index is 9.48. The number of nitrogens with two attached hydrogens (primary N) is 1. The highest BCUT2D eigenvalue weighted by atomic mass is 16.3. The first-order chi connectivity index (χ1) is 10.7. The molecule has 0 saturated carbocycles. The molecule has 0 amide bonds. The van der Waals surface area contributed by atoms with E-state index in [9.17, 15) is 15.6 Å². The van der Waals surface area contributed by atoms with Crippen LogP contribution in [0.15, 0.2) is 0 Å². The first kappa shape index (κ1) is 15.6. The number of nitrogen functional groups attached to an aromatic ring is 1. The van der Waals surface area contributed by atoms with Crippen LogP contribution in [0.2, 0.25) is 0 Å². The number of nitrogens with zero attached hydrogens (tertiary/aromatic N) is 4. The van der Waals surface area contributed by atoms with Crippen molar-refractivity contribution < 1.29 is 10.1 Å². The Balaban J connectivity index is 2.55. The highest BCUT2D eigenvalue weighted by molar-refractivity contribution is 5.64. The van der Waals surface area contributed by atoms with Crippen molar-refractivity contribution in [2.75, 3.05) is 30.3 Å². The van der Waals surface area contributed by atoms with Gasteiger partial charge in [-0.05, 0) is 12.8 Å². The molecule has 4 N–H and O–H groups in total. The molecule has 2 heterocycles. The number of H-pyrrole nitrogens is 1. The van der Waals surface area contributed by atoms with Gasteiger partial charge >= 0.3 is 0 Å². The standard InChI is InChI=1S/C15H16N6O/c16-4-3-11-12(6-17)14(19)20-15(13(11)7-18)21-5-1-2-10(8-21)9-22/h10,22H,1-3,5,8-9H2,(H2,19,20)/p+1/t10-/m1/s1. The summed E-state index contributed by atoms with van der Waals surface area (Å²) >= 11 is 0. The summed E-state index contributed by atoms with van der Waals surface area (Å²) in [5, 5.41) is 37.0. The second kappa shape index (κ2) is 6.76. The maximum Gasteiger partial charge on any atom is 0.240 e. The zero-order valence-electron chi connectivity index (χ0n) is 12.1. The van der Waals surface area contributed by atoms with E-state index in [1.54, 1.807) is 0 Å². The number of anilines is 2. The number of nitriles is 3. The minimum Gasteiger partial charge on any atom is -0.396 e. The van der Waals surface area contributed by atoms with Crippen LogP contribution in [0.1, 0.15) is 29.5 Å². The number of piperidine rings is 1. The van der Waals surface area contributed by atoms with Crippen LogP contribution in [0, 0.1) is 39.9 Å². The molecule has 7 nitrogen and oxygen atoms in total. The molecule has 1 aromatic heterocycles. The van der Waals surface area contributed by atoms with Crippen molar-refractivity contribution in [3.63, 3.8) is 0 Å². The van der Waals surface area contributed by atoms with Crippen LogP contribution >= 0.6 is 0 Å². The molecule has 0 aromatic carbocycles. The number of pyridine rings is 1. The largest absolute Gasteiger partial charge is 0.396 e. The van der Waals surface area contributed by atoms with Crippen molar-refractivity contribution in [3.8, 4) is 18.2 Å². The summed E-state index contributed by atoms with van der Waals surface area (Å²) in [6.45, 7) is 1.44. The Labute approximate surface area is 128 Å². The second-order valence-corrected chi connectivity index (χ2v) is 5.31. The average molecular weight is 297 g/mol. The monoisotopic (exact) mass is 297 g/mol. The van der Waals surface area contributed by atoms with Crippen LogP contribution in [0.5, 0.6) is 0 Å². The van der Waals surface area contributed by atoms with Crippen LogP contribution in [0.3, 0.4) is 0 Å². The average Bonchev–Trinajstić information content (AvgIpc) is 2.55. The summed E-state index contributed by atoms with van der Waals surface area (Å²) in [7, 11) is 0. The van der Waals surface area contributed by atoms with E-state index in [2.05, 4.69) is 11.1 Å². The Morgan fingerprint density at radius 1 is 1.27 bits per heavy atom. The van der Waals surface area contributed by atoms with E-state index in [1.807, 2.05) is 17.0 Å². The van der Waals surface area contributed by atoms with E-state index in [0.29, 0.717) is 17.9 Å². The molecule has 0 unspecified atom stereocenters. The van der Waals surface area contributed by atoms with E-state index >= 15 is 0 Å². The van der Waals surface area contributed by atoms with E-state index in [-0.39, 0.29) is 35.9 Å². The van der Waals surface area contributed by atoms with Gasteiger partial charge in [-0.25, -0.2) is 4.98 Å². The summed E-state index contributed by atoms with van der Waals surface area (Å²) in [5.41, 5.74) is 6.69. The molecule has 0 aliphatic carbocycles. The lowest BCUT2D eigenvalue weighted by atomic mass is 9.96. The van der Waals surface area contributed by atoms with Gasteiger partial charge in [-0.15, -0.1) is 0 Å². The number of nitrogens with one attached hydrogen (secondary N) is 1. The van der Waals surface area contributed by atoms with Gasteiger partial charge in [0.1, 0.15) is 23.3 Å².